The van der Waals surface area contributed by atoms with Crippen molar-refractivity contribution in [1.29, 1.82) is 0 Å². The lowest BCUT2D eigenvalue weighted by atomic mass is 10.1. The fraction of sp³-hybridized carbons (Fsp3) is 0.385. The molecule has 1 aromatic rings. The smallest absolute Gasteiger partial charge is 0.239 e. The largest absolute Gasteiger partial charge is 0.389 e. The van der Waals surface area contributed by atoms with Gasteiger partial charge < -0.3 is 16.0 Å². The zero-order chi connectivity index (χ0) is 14.9. The van der Waals surface area contributed by atoms with Gasteiger partial charge >= 0.3 is 0 Å². The number of halogens is 2. The summed E-state index contributed by atoms with van der Waals surface area (Å²) in [6, 6.07) is 2.34. The second-order valence-electron chi connectivity index (χ2n) is 4.85. The summed E-state index contributed by atoms with van der Waals surface area (Å²) in [6.45, 7) is -0.114. The quantitative estimate of drug-likeness (QED) is 0.805. The van der Waals surface area contributed by atoms with Gasteiger partial charge in [-0.2, -0.15) is 0 Å². The third-order valence-corrected chi connectivity index (χ3v) is 3.24. The molecular weight excluding hydrogens is 284 g/mol. The molecule has 20 heavy (non-hydrogen) atoms. The van der Waals surface area contributed by atoms with Gasteiger partial charge in [0.15, 0.2) is 0 Å². The molecule has 0 unspecified atom stereocenters. The summed E-state index contributed by atoms with van der Waals surface area (Å²) in [4.78, 5) is 12.8. The fourth-order valence-electron chi connectivity index (χ4n) is 1.87. The SMILES string of the molecule is CN(CC(=O)NC1CC1)c1c(F)cc(C(N)=S)cc1F. The topological polar surface area (TPSA) is 58.4 Å². The van der Waals surface area contributed by atoms with Crippen molar-refractivity contribution in [3.8, 4) is 0 Å². The molecule has 0 aliphatic heterocycles. The van der Waals surface area contributed by atoms with Gasteiger partial charge in [-0.05, 0) is 25.0 Å². The summed E-state index contributed by atoms with van der Waals surface area (Å²) in [5.74, 6) is -1.85. The van der Waals surface area contributed by atoms with Gasteiger partial charge in [0.25, 0.3) is 0 Å². The third-order valence-electron chi connectivity index (χ3n) is 3.01. The number of hydrogen-bond acceptors (Lipinski definition) is 3. The van der Waals surface area contributed by atoms with Crippen molar-refractivity contribution in [3.05, 3.63) is 29.3 Å². The van der Waals surface area contributed by atoms with Crippen LogP contribution in [0.25, 0.3) is 0 Å². The molecule has 108 valence electrons. The Bertz CT molecular complexity index is 538. The van der Waals surface area contributed by atoms with E-state index in [4.69, 9.17) is 5.73 Å². The Hall–Kier alpha value is -1.76. The lowest BCUT2D eigenvalue weighted by Crippen LogP contribution is -2.37. The van der Waals surface area contributed by atoms with Crippen LogP contribution in [0.5, 0.6) is 0 Å². The highest BCUT2D eigenvalue weighted by atomic mass is 32.1. The molecule has 0 bridgehead atoms. The summed E-state index contributed by atoms with van der Waals surface area (Å²) in [5.41, 5.74) is 5.19. The molecule has 0 atom stereocenters. The predicted molar refractivity (Wildman–Crippen MR) is 76.7 cm³/mol. The first kappa shape index (κ1) is 14.6. The molecule has 2 rings (SSSR count). The Morgan fingerprint density at radius 3 is 2.45 bits per heavy atom. The van der Waals surface area contributed by atoms with Crippen molar-refractivity contribution in [3.63, 3.8) is 0 Å². The van der Waals surface area contributed by atoms with Gasteiger partial charge in [0, 0.05) is 18.7 Å². The van der Waals surface area contributed by atoms with E-state index in [0.29, 0.717) is 0 Å². The van der Waals surface area contributed by atoms with Crippen molar-refractivity contribution in [2.45, 2.75) is 18.9 Å². The van der Waals surface area contributed by atoms with E-state index in [1.165, 1.54) is 11.9 Å². The van der Waals surface area contributed by atoms with Crippen LogP contribution < -0.4 is 16.0 Å². The molecule has 0 aromatic heterocycles. The maximum absolute atomic E-state index is 13.9. The second-order valence-corrected chi connectivity index (χ2v) is 5.29. The van der Waals surface area contributed by atoms with Crippen molar-refractivity contribution in [1.82, 2.24) is 5.32 Å². The van der Waals surface area contributed by atoms with Gasteiger partial charge in [0.2, 0.25) is 5.91 Å². The molecule has 0 heterocycles. The molecule has 1 aromatic carbocycles. The lowest BCUT2D eigenvalue weighted by Gasteiger charge is -2.20. The molecule has 1 aliphatic carbocycles. The van der Waals surface area contributed by atoms with Crippen LogP contribution in [-0.4, -0.2) is 30.5 Å². The van der Waals surface area contributed by atoms with Crippen molar-refractivity contribution >= 4 is 28.8 Å². The number of likely N-dealkylation sites (N-methyl/N-ethyl adjacent to an activating group) is 1. The Morgan fingerprint density at radius 1 is 1.45 bits per heavy atom. The fourth-order valence-corrected chi connectivity index (χ4v) is 1.99. The van der Waals surface area contributed by atoms with E-state index in [2.05, 4.69) is 17.5 Å². The number of nitrogens with one attached hydrogen (secondary N) is 1. The Morgan fingerprint density at radius 2 is 2.00 bits per heavy atom. The van der Waals surface area contributed by atoms with Crippen LogP contribution in [-0.2, 0) is 4.79 Å². The minimum Gasteiger partial charge on any atom is -0.389 e. The minimum absolute atomic E-state index is 0.0801. The number of anilines is 1. The van der Waals surface area contributed by atoms with Crippen LogP contribution in [0.1, 0.15) is 18.4 Å². The van der Waals surface area contributed by atoms with Crippen molar-refractivity contribution in [2.75, 3.05) is 18.5 Å². The zero-order valence-electron chi connectivity index (χ0n) is 11.0. The average Bonchev–Trinajstić information content (AvgIpc) is 3.11. The first-order valence-corrected chi connectivity index (χ1v) is 6.58. The van der Waals surface area contributed by atoms with Gasteiger partial charge in [-0.15, -0.1) is 0 Å². The Kier molecular flexibility index (Phi) is 4.17. The molecule has 1 aliphatic rings. The molecule has 1 fully saturated rings. The first-order valence-electron chi connectivity index (χ1n) is 6.18. The highest BCUT2D eigenvalue weighted by molar-refractivity contribution is 7.80. The molecule has 4 nitrogen and oxygen atoms in total. The van der Waals surface area contributed by atoms with E-state index >= 15 is 0 Å². The number of nitrogens with zero attached hydrogens (tertiary/aromatic N) is 1. The Balaban J connectivity index is 2.14. The van der Waals surface area contributed by atoms with Crippen LogP contribution in [0.15, 0.2) is 12.1 Å². The number of hydrogen-bond donors (Lipinski definition) is 2. The molecule has 7 heteroatoms. The predicted octanol–water partition coefficient (Wildman–Crippen LogP) is 1.31. The highest BCUT2D eigenvalue weighted by Gasteiger charge is 2.24. The summed E-state index contributed by atoms with van der Waals surface area (Å²) in [7, 11) is 1.45. The van der Waals surface area contributed by atoms with Gasteiger partial charge in [-0.1, -0.05) is 12.2 Å². The van der Waals surface area contributed by atoms with E-state index < -0.39 is 11.6 Å². The molecule has 0 radical (unpaired) electrons. The number of benzene rings is 1. The van der Waals surface area contributed by atoms with Crippen LogP contribution in [0.4, 0.5) is 14.5 Å². The van der Waals surface area contributed by atoms with E-state index in [-0.39, 0.29) is 34.7 Å². The number of carbonyl (C=O) groups is 1. The van der Waals surface area contributed by atoms with E-state index in [1.54, 1.807) is 0 Å². The van der Waals surface area contributed by atoms with Gasteiger partial charge in [0.05, 0.1) is 6.54 Å². The minimum atomic E-state index is -0.797. The van der Waals surface area contributed by atoms with E-state index in [1.807, 2.05) is 0 Å². The maximum Gasteiger partial charge on any atom is 0.239 e. The van der Waals surface area contributed by atoms with E-state index in [0.717, 1.165) is 25.0 Å². The second kappa shape index (κ2) is 5.70. The molecule has 0 saturated heterocycles. The number of amides is 1. The number of nitrogens with two attached hydrogens (primary N) is 1. The summed E-state index contributed by atoms with van der Waals surface area (Å²) >= 11 is 4.68. The van der Waals surface area contributed by atoms with Crippen LogP contribution in [0.3, 0.4) is 0 Å². The average molecular weight is 299 g/mol. The number of rotatable bonds is 5. The third kappa shape index (κ3) is 3.41. The van der Waals surface area contributed by atoms with Crippen molar-refractivity contribution < 1.29 is 13.6 Å². The summed E-state index contributed by atoms with van der Waals surface area (Å²) in [6.07, 6.45) is 1.92. The molecule has 3 N–H and O–H groups in total. The van der Waals surface area contributed by atoms with Crippen LogP contribution >= 0.6 is 12.2 Å². The lowest BCUT2D eigenvalue weighted by molar-refractivity contribution is -0.119. The van der Waals surface area contributed by atoms with Crippen LogP contribution in [0, 0.1) is 11.6 Å². The maximum atomic E-state index is 13.9. The summed E-state index contributed by atoms with van der Waals surface area (Å²) in [5, 5.41) is 2.76. The monoisotopic (exact) mass is 299 g/mol. The zero-order valence-corrected chi connectivity index (χ0v) is 11.8. The normalized spacial score (nSPS) is 13.9. The van der Waals surface area contributed by atoms with Gasteiger partial charge in [0.1, 0.15) is 22.3 Å². The van der Waals surface area contributed by atoms with Gasteiger partial charge in [-0.25, -0.2) is 8.78 Å². The first-order chi connectivity index (χ1) is 9.38. The highest BCUT2D eigenvalue weighted by Crippen LogP contribution is 2.24. The molecule has 0 spiro atoms. The molecular formula is C13H15F2N3OS. The molecule has 1 saturated carbocycles. The number of carbonyl (C=O) groups excluding carboxylic acids is 1. The standard InChI is InChI=1S/C13H15F2N3OS/c1-18(6-11(19)17-8-2-3-8)12-9(14)4-7(13(16)20)5-10(12)15/h4-5,8H,2-3,6H2,1H3,(H2,16,20)(H,17,19). The summed E-state index contributed by atoms with van der Waals surface area (Å²) < 4.78 is 27.8. The van der Waals surface area contributed by atoms with E-state index in [9.17, 15) is 13.6 Å². The van der Waals surface area contributed by atoms with Gasteiger partial charge in [-0.3, -0.25) is 4.79 Å². The Labute approximate surface area is 120 Å². The van der Waals surface area contributed by atoms with Crippen LogP contribution in [0.2, 0.25) is 0 Å². The number of thiocarbonyl (C=S) groups is 1. The molecule has 1 amide bonds. The van der Waals surface area contributed by atoms with Crippen molar-refractivity contribution in [2.24, 2.45) is 5.73 Å².